The quantitative estimate of drug-likeness (QED) is 0.506. The van der Waals surface area contributed by atoms with Crippen molar-refractivity contribution < 1.29 is 24.2 Å². The highest BCUT2D eigenvalue weighted by atomic mass is 19.1. The minimum absolute atomic E-state index is 0.323. The summed E-state index contributed by atoms with van der Waals surface area (Å²) in [6.07, 6.45) is 1.11. The number of ketones is 1. The summed E-state index contributed by atoms with van der Waals surface area (Å²) in [4.78, 5) is 21.5. The van der Waals surface area contributed by atoms with E-state index in [1.165, 1.54) is 12.1 Å². The van der Waals surface area contributed by atoms with Gasteiger partial charge in [-0.25, -0.2) is 9.18 Å². The summed E-state index contributed by atoms with van der Waals surface area (Å²) in [6, 6.07) is 12.8. The first-order valence-electron chi connectivity index (χ1n) is 6.47. The van der Waals surface area contributed by atoms with Crippen molar-refractivity contribution in [2.75, 3.05) is 0 Å². The molecule has 0 bridgehead atoms. The molecule has 0 amide bonds. The van der Waals surface area contributed by atoms with E-state index in [4.69, 9.17) is 5.11 Å². The van der Waals surface area contributed by atoms with Crippen LogP contribution in [0.3, 0.4) is 0 Å². The number of carboxylic acids is 1. The maximum Gasteiger partial charge on any atom is 0.376 e. The van der Waals surface area contributed by atoms with E-state index in [0.29, 0.717) is 18.1 Å². The van der Waals surface area contributed by atoms with Crippen molar-refractivity contribution in [3.05, 3.63) is 77.1 Å². The number of aliphatic hydroxyl groups is 1. The smallest absolute Gasteiger partial charge is 0.376 e. The molecular weight excluding hydrogens is 287 g/mol. The Kier molecular flexibility index (Phi) is 4.68. The lowest BCUT2D eigenvalue weighted by Gasteiger charge is -2.05. The van der Waals surface area contributed by atoms with Crippen molar-refractivity contribution in [1.82, 2.24) is 0 Å². The zero-order chi connectivity index (χ0) is 16.1. The van der Waals surface area contributed by atoms with Gasteiger partial charge in [0.15, 0.2) is 0 Å². The Morgan fingerprint density at radius 1 is 1.00 bits per heavy atom. The lowest BCUT2D eigenvalue weighted by Crippen LogP contribution is -2.09. The molecule has 0 aromatic heterocycles. The maximum atomic E-state index is 13.2. The second kappa shape index (κ2) is 6.67. The summed E-state index contributed by atoms with van der Waals surface area (Å²) in [5.74, 6) is -3.59. The van der Waals surface area contributed by atoms with E-state index < -0.39 is 17.5 Å². The Balaban J connectivity index is 2.23. The summed E-state index contributed by atoms with van der Waals surface area (Å²) in [6.45, 7) is 0. The van der Waals surface area contributed by atoms with Gasteiger partial charge in [-0.05, 0) is 35.7 Å². The van der Waals surface area contributed by atoms with Crippen LogP contribution >= 0.6 is 0 Å². The molecule has 0 saturated heterocycles. The van der Waals surface area contributed by atoms with Crippen molar-refractivity contribution >= 4 is 17.5 Å². The third-order valence-electron chi connectivity index (χ3n) is 3.00. The molecule has 2 aromatic carbocycles. The molecule has 0 aliphatic rings. The third-order valence-corrected chi connectivity index (χ3v) is 3.00. The first-order valence-corrected chi connectivity index (χ1v) is 6.47. The molecule has 2 N–H and O–H groups in total. The fraction of sp³-hybridized carbons (Fsp3) is 0.0588. The van der Waals surface area contributed by atoms with Crippen molar-refractivity contribution in [2.24, 2.45) is 0 Å². The molecule has 0 saturated carbocycles. The number of carboxylic acid groups (broad SMARTS) is 1. The fourth-order valence-corrected chi connectivity index (χ4v) is 1.99. The Labute approximate surface area is 126 Å². The zero-order valence-electron chi connectivity index (χ0n) is 11.5. The van der Waals surface area contributed by atoms with E-state index in [0.717, 1.165) is 11.1 Å². The Morgan fingerprint density at radius 2 is 1.64 bits per heavy atom. The molecule has 0 radical (unpaired) electrons. The first-order chi connectivity index (χ1) is 10.5. The molecule has 0 atom stereocenters. The topological polar surface area (TPSA) is 74.6 Å². The maximum absolute atomic E-state index is 13.2. The molecule has 0 spiro atoms. The normalized spacial score (nSPS) is 11.2. The minimum atomic E-state index is -1.64. The Bertz CT molecular complexity index is 750. The van der Waals surface area contributed by atoms with E-state index in [2.05, 4.69) is 0 Å². The number of aliphatic carboxylic acids is 1. The molecular formula is C17H13FO4. The van der Waals surface area contributed by atoms with Crippen LogP contribution in [0.5, 0.6) is 0 Å². The number of halogens is 1. The molecule has 0 aliphatic carbocycles. The molecule has 0 aliphatic heterocycles. The number of rotatable bonds is 5. The summed E-state index contributed by atoms with van der Waals surface area (Å²) in [5.41, 5.74) is 1.89. The Hall–Kier alpha value is -2.95. The van der Waals surface area contributed by atoms with Gasteiger partial charge in [0.05, 0.1) is 0 Å². The molecule has 112 valence electrons. The van der Waals surface area contributed by atoms with Crippen LogP contribution in [0, 0.1) is 5.82 Å². The standard InChI is InChI=1S/C17H13FO4/c18-14-6-2-4-12(9-14)7-11-3-1-5-13(8-11)15(19)10-16(20)17(21)22/h1-6,8-10,19H,7H2,(H,21,22)/b15-10-. The van der Waals surface area contributed by atoms with Crippen LogP contribution in [-0.4, -0.2) is 22.0 Å². The van der Waals surface area contributed by atoms with Crippen LogP contribution in [0.25, 0.3) is 5.76 Å². The zero-order valence-corrected chi connectivity index (χ0v) is 11.5. The largest absolute Gasteiger partial charge is 0.507 e. The lowest BCUT2D eigenvalue weighted by atomic mass is 10.0. The minimum Gasteiger partial charge on any atom is -0.507 e. The number of carbonyl (C=O) groups excluding carboxylic acids is 1. The van der Waals surface area contributed by atoms with Gasteiger partial charge in [-0.3, -0.25) is 4.79 Å². The molecule has 0 unspecified atom stereocenters. The van der Waals surface area contributed by atoms with Gasteiger partial charge in [0.1, 0.15) is 11.6 Å². The van der Waals surface area contributed by atoms with E-state index >= 15 is 0 Å². The third kappa shape index (κ3) is 4.02. The number of benzene rings is 2. The highest BCUT2D eigenvalue weighted by molar-refractivity contribution is 6.38. The number of hydrogen-bond donors (Lipinski definition) is 2. The number of hydrogen-bond acceptors (Lipinski definition) is 3. The second-order valence-electron chi connectivity index (χ2n) is 4.71. The predicted molar refractivity (Wildman–Crippen MR) is 78.9 cm³/mol. The fourth-order valence-electron chi connectivity index (χ4n) is 1.99. The Morgan fingerprint density at radius 3 is 2.27 bits per heavy atom. The molecule has 5 heteroatoms. The van der Waals surface area contributed by atoms with Gasteiger partial charge < -0.3 is 10.2 Å². The number of aliphatic hydroxyl groups excluding tert-OH is 1. The van der Waals surface area contributed by atoms with Gasteiger partial charge in [-0.1, -0.05) is 30.3 Å². The SMILES string of the molecule is O=C(O)C(=O)/C=C(\O)c1cccc(Cc2cccc(F)c2)c1. The molecule has 4 nitrogen and oxygen atoms in total. The van der Waals surface area contributed by atoms with Crippen molar-refractivity contribution in [3.63, 3.8) is 0 Å². The predicted octanol–water partition coefficient (Wildman–Crippen LogP) is 2.97. The summed E-state index contributed by atoms with van der Waals surface area (Å²) >= 11 is 0. The summed E-state index contributed by atoms with van der Waals surface area (Å²) in [5, 5.41) is 18.3. The van der Waals surface area contributed by atoms with Crippen LogP contribution in [0.4, 0.5) is 4.39 Å². The molecule has 0 fully saturated rings. The van der Waals surface area contributed by atoms with Crippen LogP contribution < -0.4 is 0 Å². The van der Waals surface area contributed by atoms with Crippen molar-refractivity contribution in [2.45, 2.75) is 6.42 Å². The van der Waals surface area contributed by atoms with Crippen LogP contribution in [-0.2, 0) is 16.0 Å². The lowest BCUT2D eigenvalue weighted by molar-refractivity contribution is -0.146. The molecule has 2 rings (SSSR count). The monoisotopic (exact) mass is 300 g/mol. The van der Waals surface area contributed by atoms with Crippen molar-refractivity contribution in [3.8, 4) is 0 Å². The highest BCUT2D eigenvalue weighted by Gasteiger charge is 2.10. The van der Waals surface area contributed by atoms with Gasteiger partial charge in [-0.2, -0.15) is 0 Å². The molecule has 2 aromatic rings. The average molecular weight is 300 g/mol. The van der Waals surface area contributed by atoms with E-state index in [1.807, 2.05) is 0 Å². The molecule has 0 heterocycles. The summed E-state index contributed by atoms with van der Waals surface area (Å²) < 4.78 is 13.2. The number of carbonyl (C=O) groups is 2. The van der Waals surface area contributed by atoms with Crippen LogP contribution in [0.1, 0.15) is 16.7 Å². The van der Waals surface area contributed by atoms with Crippen LogP contribution in [0.15, 0.2) is 54.6 Å². The van der Waals surface area contributed by atoms with E-state index in [-0.39, 0.29) is 5.82 Å². The van der Waals surface area contributed by atoms with Crippen molar-refractivity contribution in [1.29, 1.82) is 0 Å². The molecule has 22 heavy (non-hydrogen) atoms. The van der Waals surface area contributed by atoms with Crippen LogP contribution in [0.2, 0.25) is 0 Å². The van der Waals surface area contributed by atoms with E-state index in [1.54, 1.807) is 36.4 Å². The summed E-state index contributed by atoms with van der Waals surface area (Å²) in [7, 11) is 0. The average Bonchev–Trinajstić information content (AvgIpc) is 2.47. The second-order valence-corrected chi connectivity index (χ2v) is 4.71. The highest BCUT2D eigenvalue weighted by Crippen LogP contribution is 2.17. The van der Waals surface area contributed by atoms with Gasteiger partial charge in [0.25, 0.3) is 5.78 Å². The van der Waals surface area contributed by atoms with Gasteiger partial charge in [0, 0.05) is 11.6 Å². The van der Waals surface area contributed by atoms with Gasteiger partial charge >= 0.3 is 5.97 Å². The van der Waals surface area contributed by atoms with Gasteiger partial charge in [-0.15, -0.1) is 0 Å². The first kappa shape index (κ1) is 15.4. The van der Waals surface area contributed by atoms with Gasteiger partial charge in [0.2, 0.25) is 0 Å². The van der Waals surface area contributed by atoms with E-state index in [9.17, 15) is 19.1 Å².